The molecule has 8 heteroatoms. The minimum Gasteiger partial charge on any atom is -0.354 e. The number of anilines is 2. The second-order valence-electron chi connectivity index (χ2n) is 7.60. The molecule has 0 unspecified atom stereocenters. The molecule has 0 aliphatic carbocycles. The second-order valence-corrected chi connectivity index (χ2v) is 7.60. The Labute approximate surface area is 181 Å². The topological polar surface area (TPSA) is 111 Å². The Hall–Kier alpha value is -4.46. The van der Waals surface area contributed by atoms with Crippen molar-refractivity contribution in [3.8, 4) is 0 Å². The highest BCUT2D eigenvalue weighted by Crippen LogP contribution is 2.26. The third-order valence-electron chi connectivity index (χ3n) is 5.52. The highest BCUT2D eigenvalue weighted by Gasteiger charge is 2.31. The standard InChI is InChI=1S/C24H18N4O4/c1-13-6-8-15(11-20(13)28-21(29)12-25-24(28)32)26-23(31)14-7-9-19-17(10-14)22(30)16-4-2-3-5-18(16)27-19/h2-11H,12H2,1H3,(H,25,32)(H,26,31)(H,27,30). The highest BCUT2D eigenvalue weighted by molar-refractivity contribution is 6.20. The fraction of sp³-hybridized carbons (Fsp3) is 0.0833. The van der Waals surface area contributed by atoms with Crippen LogP contribution in [-0.2, 0) is 4.79 Å². The number of para-hydroxylation sites is 1. The van der Waals surface area contributed by atoms with Gasteiger partial charge in [-0.3, -0.25) is 14.4 Å². The SMILES string of the molecule is Cc1ccc(NC(=O)c2ccc3[nH]c4ccccc4c(=O)c3c2)cc1N1C(=O)CNC1=O. The molecule has 1 fully saturated rings. The monoisotopic (exact) mass is 426 g/mol. The van der Waals surface area contributed by atoms with Crippen LogP contribution in [0.3, 0.4) is 0 Å². The Bertz CT molecular complexity index is 1490. The number of fused-ring (bicyclic) bond motifs is 2. The van der Waals surface area contributed by atoms with Crippen LogP contribution in [0.5, 0.6) is 0 Å². The zero-order valence-electron chi connectivity index (χ0n) is 17.1. The van der Waals surface area contributed by atoms with Crippen LogP contribution in [0.25, 0.3) is 21.8 Å². The van der Waals surface area contributed by atoms with Gasteiger partial charge in [0.1, 0.15) is 0 Å². The summed E-state index contributed by atoms with van der Waals surface area (Å²) < 4.78 is 0. The van der Waals surface area contributed by atoms with Crippen molar-refractivity contribution in [1.82, 2.24) is 10.3 Å². The number of aromatic amines is 1. The molecule has 1 aliphatic rings. The lowest BCUT2D eigenvalue weighted by atomic mass is 10.1. The van der Waals surface area contributed by atoms with E-state index < -0.39 is 11.9 Å². The molecule has 8 nitrogen and oxygen atoms in total. The van der Waals surface area contributed by atoms with E-state index in [1.807, 2.05) is 12.1 Å². The number of carbonyl (C=O) groups excluding carboxylic acids is 3. The van der Waals surface area contributed by atoms with Gasteiger partial charge in [-0.25, -0.2) is 9.69 Å². The molecule has 3 N–H and O–H groups in total. The van der Waals surface area contributed by atoms with Crippen molar-refractivity contribution < 1.29 is 14.4 Å². The summed E-state index contributed by atoms with van der Waals surface area (Å²) in [5, 5.41) is 6.23. The fourth-order valence-corrected chi connectivity index (χ4v) is 3.86. The number of rotatable bonds is 3. The number of H-pyrrole nitrogens is 1. The average molecular weight is 426 g/mol. The first-order valence-electron chi connectivity index (χ1n) is 10.00. The van der Waals surface area contributed by atoms with Gasteiger partial charge in [0.05, 0.1) is 12.2 Å². The van der Waals surface area contributed by atoms with Gasteiger partial charge in [0.15, 0.2) is 5.43 Å². The van der Waals surface area contributed by atoms with E-state index in [1.54, 1.807) is 55.5 Å². The van der Waals surface area contributed by atoms with Gasteiger partial charge in [-0.05, 0) is 55.0 Å². The minimum absolute atomic E-state index is 0.0603. The molecule has 4 amide bonds. The van der Waals surface area contributed by atoms with Crippen LogP contribution in [0.15, 0.2) is 65.5 Å². The lowest BCUT2D eigenvalue weighted by Crippen LogP contribution is -2.31. The van der Waals surface area contributed by atoms with Crippen molar-refractivity contribution in [2.24, 2.45) is 0 Å². The van der Waals surface area contributed by atoms with Crippen molar-refractivity contribution in [3.63, 3.8) is 0 Å². The summed E-state index contributed by atoms with van der Waals surface area (Å²) in [5.74, 6) is -0.769. The van der Waals surface area contributed by atoms with Crippen LogP contribution in [0.1, 0.15) is 15.9 Å². The smallest absolute Gasteiger partial charge is 0.329 e. The van der Waals surface area contributed by atoms with E-state index in [-0.39, 0.29) is 17.9 Å². The normalized spacial score (nSPS) is 13.6. The van der Waals surface area contributed by atoms with Gasteiger partial charge in [0.25, 0.3) is 11.8 Å². The van der Waals surface area contributed by atoms with Crippen molar-refractivity contribution in [2.75, 3.05) is 16.8 Å². The van der Waals surface area contributed by atoms with Crippen molar-refractivity contribution in [2.45, 2.75) is 6.92 Å². The maximum Gasteiger partial charge on any atom is 0.329 e. The molecule has 4 aromatic rings. The van der Waals surface area contributed by atoms with Gasteiger partial charge >= 0.3 is 6.03 Å². The summed E-state index contributed by atoms with van der Waals surface area (Å²) in [7, 11) is 0. The fourth-order valence-electron chi connectivity index (χ4n) is 3.86. The largest absolute Gasteiger partial charge is 0.354 e. The molecular weight excluding hydrogens is 408 g/mol. The number of pyridine rings is 1. The molecule has 3 aromatic carbocycles. The summed E-state index contributed by atoms with van der Waals surface area (Å²) in [5.41, 5.74) is 3.09. The maximum atomic E-state index is 12.9. The van der Waals surface area contributed by atoms with E-state index in [2.05, 4.69) is 15.6 Å². The summed E-state index contributed by atoms with van der Waals surface area (Å²) in [6.45, 7) is 1.72. The van der Waals surface area contributed by atoms with Crippen LogP contribution >= 0.6 is 0 Å². The van der Waals surface area contributed by atoms with Crippen LogP contribution in [0.2, 0.25) is 0 Å². The highest BCUT2D eigenvalue weighted by atomic mass is 16.2. The molecule has 5 rings (SSSR count). The molecule has 1 saturated heterocycles. The molecule has 0 radical (unpaired) electrons. The number of carbonyl (C=O) groups is 3. The lowest BCUT2D eigenvalue weighted by Gasteiger charge is -2.17. The van der Waals surface area contributed by atoms with Gasteiger partial charge in [-0.2, -0.15) is 0 Å². The maximum absolute atomic E-state index is 12.9. The minimum atomic E-state index is -0.498. The summed E-state index contributed by atoms with van der Waals surface area (Å²) in [6, 6.07) is 16.6. The number of aromatic nitrogens is 1. The Morgan fingerprint density at radius 1 is 0.938 bits per heavy atom. The van der Waals surface area contributed by atoms with Crippen LogP contribution < -0.4 is 21.0 Å². The van der Waals surface area contributed by atoms with Crippen LogP contribution in [-0.4, -0.2) is 29.4 Å². The predicted molar refractivity (Wildman–Crippen MR) is 122 cm³/mol. The second kappa shape index (κ2) is 7.35. The number of hydrogen-bond acceptors (Lipinski definition) is 4. The molecule has 2 heterocycles. The summed E-state index contributed by atoms with van der Waals surface area (Å²) >= 11 is 0. The van der Waals surface area contributed by atoms with E-state index in [1.165, 1.54) is 0 Å². The van der Waals surface area contributed by atoms with Crippen LogP contribution in [0, 0.1) is 6.92 Å². The van der Waals surface area contributed by atoms with E-state index in [0.717, 1.165) is 16.0 Å². The molecule has 1 aromatic heterocycles. The molecule has 0 atom stereocenters. The zero-order valence-corrected chi connectivity index (χ0v) is 17.1. The van der Waals surface area contributed by atoms with E-state index in [0.29, 0.717) is 33.2 Å². The number of aryl methyl sites for hydroxylation is 1. The molecule has 0 spiro atoms. The van der Waals surface area contributed by atoms with Crippen molar-refractivity contribution >= 4 is 51.0 Å². The van der Waals surface area contributed by atoms with Crippen LogP contribution in [0.4, 0.5) is 16.2 Å². The Morgan fingerprint density at radius 2 is 1.72 bits per heavy atom. The Kier molecular flexibility index (Phi) is 4.48. The summed E-state index contributed by atoms with van der Waals surface area (Å²) in [6.07, 6.45) is 0. The van der Waals surface area contributed by atoms with Crippen molar-refractivity contribution in [1.29, 1.82) is 0 Å². The molecule has 0 bridgehead atoms. The third-order valence-corrected chi connectivity index (χ3v) is 5.52. The predicted octanol–water partition coefficient (Wildman–Crippen LogP) is 3.30. The zero-order chi connectivity index (χ0) is 22.4. The number of nitrogens with zero attached hydrogens (tertiary/aromatic N) is 1. The van der Waals surface area contributed by atoms with Crippen molar-refractivity contribution in [3.05, 3.63) is 82.0 Å². The number of imide groups is 1. The number of hydrogen-bond donors (Lipinski definition) is 3. The number of urea groups is 1. The number of benzene rings is 3. The average Bonchev–Trinajstić information content (AvgIpc) is 3.13. The van der Waals surface area contributed by atoms with Gasteiger partial charge in [0.2, 0.25) is 0 Å². The Balaban J connectivity index is 1.49. The Morgan fingerprint density at radius 3 is 2.50 bits per heavy atom. The van der Waals surface area contributed by atoms with E-state index in [9.17, 15) is 19.2 Å². The molecular formula is C24H18N4O4. The molecule has 158 valence electrons. The van der Waals surface area contributed by atoms with E-state index in [4.69, 9.17) is 0 Å². The van der Waals surface area contributed by atoms with E-state index >= 15 is 0 Å². The first kappa shape index (κ1) is 19.5. The van der Waals surface area contributed by atoms with Gasteiger partial charge in [0, 0.05) is 33.1 Å². The first-order chi connectivity index (χ1) is 15.4. The van der Waals surface area contributed by atoms with Gasteiger partial charge in [-0.15, -0.1) is 0 Å². The van der Waals surface area contributed by atoms with Gasteiger partial charge < -0.3 is 15.6 Å². The first-order valence-corrected chi connectivity index (χ1v) is 10.00. The molecule has 32 heavy (non-hydrogen) atoms. The number of nitrogens with one attached hydrogen (secondary N) is 3. The number of amides is 4. The quantitative estimate of drug-likeness (QED) is 0.345. The lowest BCUT2D eigenvalue weighted by molar-refractivity contribution is -0.115. The third kappa shape index (κ3) is 3.18. The molecule has 0 saturated carbocycles. The molecule has 1 aliphatic heterocycles. The summed E-state index contributed by atoms with van der Waals surface area (Å²) in [4.78, 5) is 54.1. The van der Waals surface area contributed by atoms with Gasteiger partial charge in [-0.1, -0.05) is 18.2 Å².